The van der Waals surface area contributed by atoms with Crippen LogP contribution in [0.15, 0.2) is 24.5 Å². The van der Waals surface area contributed by atoms with E-state index in [1.54, 1.807) is 24.5 Å². The van der Waals surface area contributed by atoms with Gasteiger partial charge in [-0.15, -0.1) is 0 Å². The van der Waals surface area contributed by atoms with Crippen molar-refractivity contribution in [1.29, 1.82) is 0 Å². The van der Waals surface area contributed by atoms with E-state index in [9.17, 15) is 9.59 Å². The summed E-state index contributed by atoms with van der Waals surface area (Å²) in [4.78, 5) is 30.4. The van der Waals surface area contributed by atoms with Gasteiger partial charge in [-0.25, -0.2) is 4.98 Å². The highest BCUT2D eigenvalue weighted by Crippen LogP contribution is 2.24. The maximum Gasteiger partial charge on any atom is 0.306 e. The topological polar surface area (TPSA) is 95.1 Å². The molecule has 1 fully saturated rings. The summed E-state index contributed by atoms with van der Waals surface area (Å²) in [7, 11) is 0. The van der Waals surface area contributed by atoms with Gasteiger partial charge in [-0.2, -0.15) is 0 Å². The van der Waals surface area contributed by atoms with Gasteiger partial charge in [0.25, 0.3) is 5.91 Å². The monoisotopic (exact) mass is 287 g/mol. The third-order valence-corrected chi connectivity index (χ3v) is 4.04. The standard InChI is InChI=1S/C15H17N3O3/c19-14(9-4-5-12-13(7-9)17-8-16-12)18-11-3-1-2-10(6-11)15(20)21/h4-5,7-8,10-11H,1-3,6H2,(H,16,17)(H,18,19)(H,20,21). The van der Waals surface area contributed by atoms with Crippen LogP contribution in [0, 0.1) is 5.92 Å². The van der Waals surface area contributed by atoms with Crippen LogP contribution in [0.3, 0.4) is 0 Å². The van der Waals surface area contributed by atoms with Gasteiger partial charge in [0.2, 0.25) is 0 Å². The van der Waals surface area contributed by atoms with Crippen LogP contribution in [0.5, 0.6) is 0 Å². The number of aromatic amines is 1. The number of nitrogens with one attached hydrogen (secondary N) is 2. The Kier molecular flexibility index (Phi) is 3.60. The van der Waals surface area contributed by atoms with E-state index >= 15 is 0 Å². The normalized spacial score (nSPS) is 22.1. The summed E-state index contributed by atoms with van der Waals surface area (Å²) in [5, 5.41) is 12.0. The number of H-pyrrole nitrogens is 1. The molecule has 0 aliphatic heterocycles. The molecule has 0 radical (unpaired) electrons. The number of carbonyl (C=O) groups excluding carboxylic acids is 1. The lowest BCUT2D eigenvalue weighted by atomic mass is 9.85. The zero-order valence-corrected chi connectivity index (χ0v) is 11.5. The molecule has 1 aromatic carbocycles. The number of benzene rings is 1. The molecular weight excluding hydrogens is 270 g/mol. The van der Waals surface area contributed by atoms with E-state index in [0.29, 0.717) is 18.4 Å². The van der Waals surface area contributed by atoms with Crippen molar-refractivity contribution in [3.05, 3.63) is 30.1 Å². The summed E-state index contributed by atoms with van der Waals surface area (Å²) in [6.07, 6.45) is 4.46. The summed E-state index contributed by atoms with van der Waals surface area (Å²) in [6, 6.07) is 5.22. The summed E-state index contributed by atoms with van der Waals surface area (Å²) >= 11 is 0. The van der Waals surface area contributed by atoms with Crippen LogP contribution < -0.4 is 5.32 Å². The van der Waals surface area contributed by atoms with E-state index in [1.807, 2.05) is 0 Å². The largest absolute Gasteiger partial charge is 0.481 e. The van der Waals surface area contributed by atoms with Crippen LogP contribution in [0.1, 0.15) is 36.0 Å². The zero-order chi connectivity index (χ0) is 14.8. The van der Waals surface area contributed by atoms with E-state index in [1.165, 1.54) is 0 Å². The van der Waals surface area contributed by atoms with E-state index in [-0.39, 0.29) is 17.9 Å². The van der Waals surface area contributed by atoms with Gasteiger partial charge in [0, 0.05) is 11.6 Å². The summed E-state index contributed by atoms with van der Waals surface area (Å²) in [5.41, 5.74) is 2.19. The van der Waals surface area contributed by atoms with Crippen LogP contribution in [0.25, 0.3) is 11.0 Å². The number of aliphatic carboxylic acids is 1. The Labute approximate surface area is 121 Å². The predicted octanol–water partition coefficient (Wildman–Crippen LogP) is 1.94. The SMILES string of the molecule is O=C(NC1CCCC(C(=O)O)C1)c1ccc2nc[nH]c2c1. The molecule has 6 nitrogen and oxygen atoms in total. The average molecular weight is 287 g/mol. The van der Waals surface area contributed by atoms with Gasteiger partial charge in [-0.3, -0.25) is 9.59 Å². The van der Waals surface area contributed by atoms with Crippen LogP contribution in [-0.2, 0) is 4.79 Å². The fourth-order valence-corrected chi connectivity index (χ4v) is 2.89. The minimum Gasteiger partial charge on any atom is -0.481 e. The van der Waals surface area contributed by atoms with E-state index < -0.39 is 5.97 Å². The fourth-order valence-electron chi connectivity index (χ4n) is 2.89. The third kappa shape index (κ3) is 2.89. The van der Waals surface area contributed by atoms with Crippen LogP contribution in [-0.4, -0.2) is 33.0 Å². The highest BCUT2D eigenvalue weighted by atomic mass is 16.4. The van der Waals surface area contributed by atoms with Crippen molar-refractivity contribution in [2.75, 3.05) is 0 Å². The molecule has 2 unspecified atom stereocenters. The third-order valence-electron chi connectivity index (χ3n) is 4.04. The molecule has 1 saturated carbocycles. The molecule has 1 aliphatic rings. The number of rotatable bonds is 3. The van der Waals surface area contributed by atoms with Gasteiger partial charge in [0.1, 0.15) is 0 Å². The number of amides is 1. The molecular formula is C15H17N3O3. The Morgan fingerprint density at radius 3 is 3.00 bits per heavy atom. The van der Waals surface area contributed by atoms with Crippen LogP contribution in [0.4, 0.5) is 0 Å². The Hall–Kier alpha value is -2.37. The molecule has 110 valence electrons. The van der Waals surface area contributed by atoms with Gasteiger partial charge in [-0.1, -0.05) is 6.42 Å². The first-order valence-corrected chi connectivity index (χ1v) is 7.10. The lowest BCUT2D eigenvalue weighted by Gasteiger charge is -2.27. The Balaban J connectivity index is 1.69. The first kappa shape index (κ1) is 13.6. The van der Waals surface area contributed by atoms with Gasteiger partial charge < -0.3 is 15.4 Å². The second-order valence-electron chi connectivity index (χ2n) is 5.51. The number of hydrogen-bond acceptors (Lipinski definition) is 3. The molecule has 2 atom stereocenters. The number of carbonyl (C=O) groups is 2. The van der Waals surface area contributed by atoms with Gasteiger partial charge in [-0.05, 0) is 37.5 Å². The second kappa shape index (κ2) is 5.55. The van der Waals surface area contributed by atoms with Crippen molar-refractivity contribution in [3.8, 4) is 0 Å². The van der Waals surface area contributed by atoms with Gasteiger partial charge in [0.15, 0.2) is 0 Å². The lowest BCUT2D eigenvalue weighted by Crippen LogP contribution is -2.39. The maximum atomic E-state index is 12.3. The van der Waals surface area contributed by atoms with E-state index in [4.69, 9.17) is 5.11 Å². The molecule has 21 heavy (non-hydrogen) atoms. The highest BCUT2D eigenvalue weighted by molar-refractivity contribution is 5.97. The lowest BCUT2D eigenvalue weighted by molar-refractivity contribution is -0.143. The van der Waals surface area contributed by atoms with Crippen molar-refractivity contribution in [2.24, 2.45) is 5.92 Å². The number of hydrogen-bond donors (Lipinski definition) is 3. The Morgan fingerprint density at radius 2 is 2.19 bits per heavy atom. The highest BCUT2D eigenvalue weighted by Gasteiger charge is 2.28. The summed E-state index contributed by atoms with van der Waals surface area (Å²) in [6.45, 7) is 0. The van der Waals surface area contributed by atoms with E-state index in [2.05, 4.69) is 15.3 Å². The van der Waals surface area contributed by atoms with Crippen molar-refractivity contribution in [2.45, 2.75) is 31.7 Å². The molecule has 1 amide bonds. The molecule has 1 aliphatic carbocycles. The average Bonchev–Trinajstić information content (AvgIpc) is 2.94. The maximum absolute atomic E-state index is 12.3. The first-order valence-electron chi connectivity index (χ1n) is 7.10. The molecule has 3 N–H and O–H groups in total. The number of carboxylic acids is 1. The molecule has 1 heterocycles. The van der Waals surface area contributed by atoms with Crippen molar-refractivity contribution < 1.29 is 14.7 Å². The number of aromatic nitrogens is 2. The molecule has 6 heteroatoms. The second-order valence-corrected chi connectivity index (χ2v) is 5.51. The Bertz CT molecular complexity index is 680. The smallest absolute Gasteiger partial charge is 0.306 e. The summed E-state index contributed by atoms with van der Waals surface area (Å²) in [5.74, 6) is -1.28. The molecule has 0 saturated heterocycles. The van der Waals surface area contributed by atoms with Gasteiger partial charge in [0.05, 0.1) is 23.3 Å². The van der Waals surface area contributed by atoms with Crippen molar-refractivity contribution >= 4 is 22.9 Å². The minimum absolute atomic E-state index is 0.0650. The molecule has 3 rings (SSSR count). The van der Waals surface area contributed by atoms with Crippen molar-refractivity contribution in [1.82, 2.24) is 15.3 Å². The number of nitrogens with zero attached hydrogens (tertiary/aromatic N) is 1. The number of carboxylic acid groups (broad SMARTS) is 1. The number of fused-ring (bicyclic) bond motifs is 1. The zero-order valence-electron chi connectivity index (χ0n) is 11.5. The van der Waals surface area contributed by atoms with Gasteiger partial charge >= 0.3 is 5.97 Å². The Morgan fingerprint density at radius 1 is 1.33 bits per heavy atom. The van der Waals surface area contributed by atoms with Crippen LogP contribution in [0.2, 0.25) is 0 Å². The molecule has 1 aromatic heterocycles. The quantitative estimate of drug-likeness (QED) is 0.804. The number of imidazole rings is 1. The minimum atomic E-state index is -0.771. The fraction of sp³-hybridized carbons (Fsp3) is 0.400. The van der Waals surface area contributed by atoms with E-state index in [0.717, 1.165) is 23.9 Å². The van der Waals surface area contributed by atoms with Crippen LogP contribution >= 0.6 is 0 Å². The summed E-state index contributed by atoms with van der Waals surface area (Å²) < 4.78 is 0. The predicted molar refractivity (Wildman–Crippen MR) is 76.9 cm³/mol. The molecule has 2 aromatic rings. The van der Waals surface area contributed by atoms with Crippen molar-refractivity contribution in [3.63, 3.8) is 0 Å². The first-order chi connectivity index (χ1) is 10.1. The molecule has 0 spiro atoms. The molecule has 0 bridgehead atoms.